The maximum Gasteiger partial charge on any atom is 0.0602 e. The SMILES string of the molecule is CC1CN(c2ccccc2C(C)C)CC(CO)N1. The Morgan fingerprint density at radius 3 is 2.72 bits per heavy atom. The lowest BCUT2D eigenvalue weighted by Gasteiger charge is -2.39. The van der Waals surface area contributed by atoms with Gasteiger partial charge in [0, 0.05) is 30.9 Å². The summed E-state index contributed by atoms with van der Waals surface area (Å²) in [7, 11) is 0. The van der Waals surface area contributed by atoms with E-state index in [1.54, 1.807) is 0 Å². The molecule has 0 radical (unpaired) electrons. The Bertz CT molecular complexity index is 392. The van der Waals surface area contributed by atoms with Crippen LogP contribution in [-0.4, -0.2) is 36.9 Å². The van der Waals surface area contributed by atoms with Crippen molar-refractivity contribution in [2.75, 3.05) is 24.6 Å². The van der Waals surface area contributed by atoms with E-state index < -0.39 is 0 Å². The highest BCUT2D eigenvalue weighted by atomic mass is 16.3. The van der Waals surface area contributed by atoms with Gasteiger partial charge in [0.05, 0.1) is 6.61 Å². The Kier molecular flexibility index (Phi) is 4.25. The third-order valence-corrected chi connectivity index (χ3v) is 3.58. The Morgan fingerprint density at radius 1 is 1.33 bits per heavy atom. The fourth-order valence-corrected chi connectivity index (χ4v) is 2.75. The summed E-state index contributed by atoms with van der Waals surface area (Å²) in [5.74, 6) is 0.527. The molecule has 3 heteroatoms. The normalized spacial score (nSPS) is 24.6. The van der Waals surface area contributed by atoms with Gasteiger partial charge in [0.15, 0.2) is 0 Å². The molecule has 3 nitrogen and oxygen atoms in total. The number of aliphatic hydroxyl groups is 1. The zero-order valence-corrected chi connectivity index (χ0v) is 11.6. The third kappa shape index (κ3) is 2.85. The molecule has 2 N–H and O–H groups in total. The molecule has 0 aromatic heterocycles. The summed E-state index contributed by atoms with van der Waals surface area (Å²) in [6.07, 6.45) is 0. The van der Waals surface area contributed by atoms with Crippen LogP contribution in [0.2, 0.25) is 0 Å². The second kappa shape index (κ2) is 5.72. The van der Waals surface area contributed by atoms with Crippen LogP contribution in [0.1, 0.15) is 32.3 Å². The second-order valence-corrected chi connectivity index (χ2v) is 5.57. The van der Waals surface area contributed by atoms with Gasteiger partial charge in [0.1, 0.15) is 0 Å². The molecule has 1 aromatic rings. The maximum absolute atomic E-state index is 9.36. The van der Waals surface area contributed by atoms with Crippen LogP contribution >= 0.6 is 0 Å². The lowest BCUT2D eigenvalue weighted by Crippen LogP contribution is -2.57. The fraction of sp³-hybridized carbons (Fsp3) is 0.600. The van der Waals surface area contributed by atoms with E-state index in [4.69, 9.17) is 0 Å². The molecular weight excluding hydrogens is 224 g/mol. The van der Waals surface area contributed by atoms with Crippen molar-refractivity contribution in [3.63, 3.8) is 0 Å². The van der Waals surface area contributed by atoms with Crippen molar-refractivity contribution >= 4 is 5.69 Å². The molecule has 1 fully saturated rings. The molecular formula is C15H24N2O. The van der Waals surface area contributed by atoms with Crippen LogP contribution in [0.5, 0.6) is 0 Å². The van der Waals surface area contributed by atoms with Crippen molar-refractivity contribution in [3.05, 3.63) is 29.8 Å². The van der Waals surface area contributed by atoms with Gasteiger partial charge in [0.25, 0.3) is 0 Å². The van der Waals surface area contributed by atoms with Crippen LogP contribution in [0.3, 0.4) is 0 Å². The number of nitrogens with zero attached hydrogens (tertiary/aromatic N) is 1. The average molecular weight is 248 g/mol. The smallest absolute Gasteiger partial charge is 0.0602 e. The van der Waals surface area contributed by atoms with Crippen molar-refractivity contribution in [1.82, 2.24) is 5.32 Å². The number of para-hydroxylation sites is 1. The Hall–Kier alpha value is -1.06. The van der Waals surface area contributed by atoms with Crippen molar-refractivity contribution in [2.45, 2.75) is 38.8 Å². The average Bonchev–Trinajstić information content (AvgIpc) is 2.38. The van der Waals surface area contributed by atoms with Gasteiger partial charge in [-0.2, -0.15) is 0 Å². The predicted octanol–water partition coefficient (Wildman–Crippen LogP) is 1.97. The van der Waals surface area contributed by atoms with Gasteiger partial charge in [-0.3, -0.25) is 0 Å². The quantitative estimate of drug-likeness (QED) is 0.858. The van der Waals surface area contributed by atoms with Crippen LogP contribution < -0.4 is 10.2 Å². The van der Waals surface area contributed by atoms with Gasteiger partial charge in [-0.1, -0.05) is 32.0 Å². The van der Waals surface area contributed by atoms with Gasteiger partial charge in [-0.05, 0) is 24.5 Å². The van der Waals surface area contributed by atoms with Gasteiger partial charge >= 0.3 is 0 Å². The van der Waals surface area contributed by atoms with Crippen molar-refractivity contribution in [1.29, 1.82) is 0 Å². The van der Waals surface area contributed by atoms with Gasteiger partial charge in [-0.25, -0.2) is 0 Å². The van der Waals surface area contributed by atoms with E-state index >= 15 is 0 Å². The van der Waals surface area contributed by atoms with E-state index in [2.05, 4.69) is 55.3 Å². The highest BCUT2D eigenvalue weighted by Gasteiger charge is 2.25. The molecule has 1 saturated heterocycles. The van der Waals surface area contributed by atoms with Crippen molar-refractivity contribution in [2.24, 2.45) is 0 Å². The molecule has 1 aromatic carbocycles. The minimum absolute atomic E-state index is 0.175. The highest BCUT2D eigenvalue weighted by Crippen LogP contribution is 2.28. The molecule has 0 amide bonds. The summed E-state index contributed by atoms with van der Waals surface area (Å²) in [5.41, 5.74) is 2.71. The number of hydrogen-bond donors (Lipinski definition) is 2. The summed E-state index contributed by atoms with van der Waals surface area (Å²) in [5, 5.41) is 12.8. The number of anilines is 1. The predicted molar refractivity (Wildman–Crippen MR) is 76.2 cm³/mol. The fourth-order valence-electron chi connectivity index (χ4n) is 2.75. The molecule has 0 saturated carbocycles. The standard InChI is InChI=1S/C15H24N2O/c1-11(2)14-6-4-5-7-15(14)17-8-12(3)16-13(9-17)10-18/h4-7,11-13,16,18H,8-10H2,1-3H3. The Morgan fingerprint density at radius 2 is 2.06 bits per heavy atom. The third-order valence-electron chi connectivity index (χ3n) is 3.58. The summed E-state index contributed by atoms with van der Waals surface area (Å²) in [6, 6.07) is 9.20. The number of aliphatic hydroxyl groups excluding tert-OH is 1. The first-order valence-corrected chi connectivity index (χ1v) is 6.82. The lowest BCUT2D eigenvalue weighted by atomic mass is 9.99. The second-order valence-electron chi connectivity index (χ2n) is 5.57. The van der Waals surface area contributed by atoms with Crippen LogP contribution in [0.4, 0.5) is 5.69 Å². The van der Waals surface area contributed by atoms with E-state index in [1.165, 1.54) is 11.3 Å². The largest absolute Gasteiger partial charge is 0.395 e. The van der Waals surface area contributed by atoms with E-state index in [-0.39, 0.29) is 12.6 Å². The first-order valence-electron chi connectivity index (χ1n) is 6.82. The molecule has 0 spiro atoms. The van der Waals surface area contributed by atoms with Crippen molar-refractivity contribution < 1.29 is 5.11 Å². The zero-order valence-electron chi connectivity index (χ0n) is 11.6. The topological polar surface area (TPSA) is 35.5 Å². The first kappa shape index (κ1) is 13.4. The molecule has 2 atom stereocenters. The molecule has 18 heavy (non-hydrogen) atoms. The van der Waals surface area contributed by atoms with Crippen LogP contribution in [-0.2, 0) is 0 Å². The molecule has 1 heterocycles. The van der Waals surface area contributed by atoms with Gasteiger partial charge in [-0.15, -0.1) is 0 Å². The maximum atomic E-state index is 9.36. The monoisotopic (exact) mass is 248 g/mol. The number of nitrogens with one attached hydrogen (secondary N) is 1. The van der Waals surface area contributed by atoms with Crippen LogP contribution in [0, 0.1) is 0 Å². The Labute approximate surface area is 110 Å². The number of hydrogen-bond acceptors (Lipinski definition) is 3. The molecule has 0 bridgehead atoms. The van der Waals surface area contributed by atoms with Crippen molar-refractivity contribution in [3.8, 4) is 0 Å². The van der Waals surface area contributed by atoms with Gasteiger partial charge < -0.3 is 15.3 Å². The minimum atomic E-state index is 0.175. The van der Waals surface area contributed by atoms with E-state index in [0.29, 0.717) is 12.0 Å². The van der Waals surface area contributed by atoms with Crippen LogP contribution in [0.15, 0.2) is 24.3 Å². The number of benzene rings is 1. The molecule has 1 aliphatic heterocycles. The lowest BCUT2D eigenvalue weighted by molar-refractivity contribution is 0.221. The summed E-state index contributed by atoms with van der Waals surface area (Å²) in [6.45, 7) is 8.71. The molecule has 2 unspecified atom stereocenters. The Balaban J connectivity index is 2.25. The molecule has 1 aliphatic rings. The van der Waals surface area contributed by atoms with Gasteiger partial charge in [0.2, 0.25) is 0 Å². The van der Waals surface area contributed by atoms with E-state index in [1.807, 2.05) is 0 Å². The summed E-state index contributed by atoms with van der Waals surface area (Å²) >= 11 is 0. The molecule has 2 rings (SSSR count). The van der Waals surface area contributed by atoms with E-state index in [9.17, 15) is 5.11 Å². The zero-order chi connectivity index (χ0) is 13.1. The minimum Gasteiger partial charge on any atom is -0.395 e. The molecule has 0 aliphatic carbocycles. The number of piperazine rings is 1. The summed E-state index contributed by atoms with van der Waals surface area (Å²) < 4.78 is 0. The first-order chi connectivity index (χ1) is 8.61. The number of rotatable bonds is 3. The van der Waals surface area contributed by atoms with Crippen LogP contribution in [0.25, 0.3) is 0 Å². The highest BCUT2D eigenvalue weighted by molar-refractivity contribution is 5.55. The summed E-state index contributed by atoms with van der Waals surface area (Å²) in [4.78, 5) is 2.40. The van der Waals surface area contributed by atoms with E-state index in [0.717, 1.165) is 13.1 Å². The molecule has 100 valence electrons.